The van der Waals surface area contributed by atoms with Crippen LogP contribution in [0, 0.1) is 6.92 Å². The summed E-state index contributed by atoms with van der Waals surface area (Å²) in [5.41, 5.74) is 4.12. The predicted molar refractivity (Wildman–Crippen MR) is 109 cm³/mol. The maximum absolute atomic E-state index is 12.3. The van der Waals surface area contributed by atoms with Crippen LogP contribution >= 0.6 is 0 Å². The van der Waals surface area contributed by atoms with Gasteiger partial charge in [0.25, 0.3) is 0 Å². The monoisotopic (exact) mass is 380 g/mol. The number of carboxylic acid groups (broad SMARTS) is 1. The summed E-state index contributed by atoms with van der Waals surface area (Å²) >= 11 is 0. The fourth-order valence-electron chi connectivity index (χ4n) is 3.02. The average Bonchev–Trinajstić information content (AvgIpc) is 3.07. The van der Waals surface area contributed by atoms with E-state index in [9.17, 15) is 9.59 Å². The standard InChI is InChI=1S/C22H24N2O4/c1-15-4-10-20-19(13-15)16(14-23-20)5-11-21(25)24-17-6-8-18(9-7-17)28-12-2-3-22(26)27/h4,6-10,13-14,23H,2-3,5,11-12H2,1H3,(H,24,25)(H,26,27). The molecule has 146 valence electrons. The molecule has 0 bridgehead atoms. The summed E-state index contributed by atoms with van der Waals surface area (Å²) < 4.78 is 5.48. The minimum atomic E-state index is -0.829. The summed E-state index contributed by atoms with van der Waals surface area (Å²) in [5, 5.41) is 12.7. The third-order valence-electron chi connectivity index (χ3n) is 4.49. The highest BCUT2D eigenvalue weighted by atomic mass is 16.5. The zero-order valence-corrected chi connectivity index (χ0v) is 15.8. The number of rotatable bonds is 9. The third-order valence-corrected chi connectivity index (χ3v) is 4.49. The van der Waals surface area contributed by atoms with Gasteiger partial charge in [-0.05, 0) is 61.7 Å². The Kier molecular flexibility index (Phi) is 6.32. The Morgan fingerprint density at radius 3 is 2.64 bits per heavy atom. The van der Waals surface area contributed by atoms with E-state index in [0.29, 0.717) is 37.3 Å². The summed E-state index contributed by atoms with van der Waals surface area (Å²) in [6.07, 6.45) is 3.58. The number of carbonyl (C=O) groups is 2. The van der Waals surface area contributed by atoms with Crippen LogP contribution in [0.5, 0.6) is 5.75 Å². The van der Waals surface area contributed by atoms with E-state index in [0.717, 1.165) is 16.5 Å². The number of aromatic nitrogens is 1. The lowest BCUT2D eigenvalue weighted by Gasteiger charge is -2.08. The first kappa shape index (κ1) is 19.5. The van der Waals surface area contributed by atoms with Crippen LogP contribution in [-0.4, -0.2) is 28.6 Å². The molecule has 0 aliphatic heterocycles. The van der Waals surface area contributed by atoms with E-state index in [2.05, 4.69) is 35.4 Å². The molecule has 3 rings (SSSR count). The summed E-state index contributed by atoms with van der Waals surface area (Å²) in [7, 11) is 0. The summed E-state index contributed by atoms with van der Waals surface area (Å²) in [4.78, 5) is 26.0. The molecule has 0 saturated heterocycles. The van der Waals surface area contributed by atoms with Gasteiger partial charge in [-0.3, -0.25) is 9.59 Å². The van der Waals surface area contributed by atoms with Crippen molar-refractivity contribution < 1.29 is 19.4 Å². The zero-order valence-electron chi connectivity index (χ0n) is 15.8. The maximum atomic E-state index is 12.3. The van der Waals surface area contributed by atoms with Crippen LogP contribution in [0.2, 0.25) is 0 Å². The van der Waals surface area contributed by atoms with E-state index in [1.165, 1.54) is 5.56 Å². The number of amides is 1. The van der Waals surface area contributed by atoms with Crippen LogP contribution in [0.4, 0.5) is 5.69 Å². The summed E-state index contributed by atoms with van der Waals surface area (Å²) in [6.45, 7) is 2.41. The highest BCUT2D eigenvalue weighted by molar-refractivity contribution is 5.91. The number of hydrogen-bond donors (Lipinski definition) is 3. The molecule has 0 aliphatic carbocycles. The molecule has 3 N–H and O–H groups in total. The fraction of sp³-hybridized carbons (Fsp3) is 0.273. The number of H-pyrrole nitrogens is 1. The van der Waals surface area contributed by atoms with Crippen LogP contribution in [0.15, 0.2) is 48.7 Å². The number of aromatic amines is 1. The second-order valence-electron chi connectivity index (χ2n) is 6.78. The van der Waals surface area contributed by atoms with Gasteiger partial charge >= 0.3 is 5.97 Å². The number of carboxylic acids is 1. The molecular formula is C22H24N2O4. The number of aryl methyl sites for hydroxylation is 2. The van der Waals surface area contributed by atoms with E-state index in [1.807, 2.05) is 6.20 Å². The first-order valence-electron chi connectivity index (χ1n) is 9.32. The topological polar surface area (TPSA) is 91.4 Å². The van der Waals surface area contributed by atoms with Crippen molar-refractivity contribution in [3.8, 4) is 5.75 Å². The second kappa shape index (κ2) is 9.08. The van der Waals surface area contributed by atoms with E-state index < -0.39 is 5.97 Å². The van der Waals surface area contributed by atoms with E-state index in [-0.39, 0.29) is 12.3 Å². The van der Waals surface area contributed by atoms with Crippen molar-refractivity contribution in [2.75, 3.05) is 11.9 Å². The molecule has 0 saturated carbocycles. The third kappa shape index (κ3) is 5.36. The minimum absolute atomic E-state index is 0.0443. The number of nitrogens with one attached hydrogen (secondary N) is 2. The maximum Gasteiger partial charge on any atom is 0.303 e. The molecule has 0 spiro atoms. The number of fused-ring (bicyclic) bond motifs is 1. The molecule has 1 heterocycles. The van der Waals surface area contributed by atoms with Crippen LogP contribution in [0.1, 0.15) is 30.4 Å². The molecule has 3 aromatic rings. The first-order valence-corrected chi connectivity index (χ1v) is 9.32. The van der Waals surface area contributed by atoms with Crippen molar-refractivity contribution >= 4 is 28.5 Å². The molecule has 6 heteroatoms. The highest BCUT2D eigenvalue weighted by Gasteiger charge is 2.08. The van der Waals surface area contributed by atoms with Gasteiger partial charge in [-0.15, -0.1) is 0 Å². The molecule has 28 heavy (non-hydrogen) atoms. The Morgan fingerprint density at radius 2 is 1.89 bits per heavy atom. The zero-order chi connectivity index (χ0) is 19.9. The van der Waals surface area contributed by atoms with Gasteiger partial charge in [0.2, 0.25) is 5.91 Å². The largest absolute Gasteiger partial charge is 0.494 e. The molecular weight excluding hydrogens is 356 g/mol. The average molecular weight is 380 g/mol. The number of carbonyl (C=O) groups excluding carboxylic acids is 1. The van der Waals surface area contributed by atoms with Gasteiger partial charge in [-0.25, -0.2) is 0 Å². The summed E-state index contributed by atoms with van der Waals surface area (Å²) in [5.74, 6) is -0.223. The lowest BCUT2D eigenvalue weighted by atomic mass is 10.1. The van der Waals surface area contributed by atoms with Crippen LogP contribution in [0.3, 0.4) is 0 Å². The van der Waals surface area contributed by atoms with Gasteiger partial charge in [0.05, 0.1) is 6.61 Å². The summed E-state index contributed by atoms with van der Waals surface area (Å²) in [6, 6.07) is 13.3. The Labute approximate surface area is 163 Å². The fourth-order valence-corrected chi connectivity index (χ4v) is 3.02. The van der Waals surface area contributed by atoms with Crippen molar-refractivity contribution in [3.05, 3.63) is 59.8 Å². The van der Waals surface area contributed by atoms with Gasteiger partial charge < -0.3 is 20.1 Å². The molecule has 1 amide bonds. The van der Waals surface area contributed by atoms with Crippen LogP contribution in [0.25, 0.3) is 10.9 Å². The van der Waals surface area contributed by atoms with E-state index in [4.69, 9.17) is 9.84 Å². The Bertz CT molecular complexity index is 960. The molecule has 0 radical (unpaired) electrons. The molecule has 0 fully saturated rings. The molecule has 0 aliphatic rings. The van der Waals surface area contributed by atoms with Crippen molar-refractivity contribution in [3.63, 3.8) is 0 Å². The van der Waals surface area contributed by atoms with Crippen molar-refractivity contribution in [2.24, 2.45) is 0 Å². The SMILES string of the molecule is Cc1ccc2[nH]cc(CCC(=O)Nc3ccc(OCCCC(=O)O)cc3)c2c1. The van der Waals surface area contributed by atoms with Crippen LogP contribution in [-0.2, 0) is 16.0 Å². The van der Waals surface area contributed by atoms with E-state index >= 15 is 0 Å². The quantitative estimate of drug-likeness (QED) is 0.483. The second-order valence-corrected chi connectivity index (χ2v) is 6.78. The van der Waals surface area contributed by atoms with Crippen LogP contribution < -0.4 is 10.1 Å². The molecule has 0 atom stereocenters. The van der Waals surface area contributed by atoms with Gasteiger partial charge in [-0.1, -0.05) is 11.6 Å². The molecule has 0 unspecified atom stereocenters. The minimum Gasteiger partial charge on any atom is -0.494 e. The van der Waals surface area contributed by atoms with Gasteiger partial charge in [-0.2, -0.15) is 0 Å². The molecule has 1 aromatic heterocycles. The van der Waals surface area contributed by atoms with Gasteiger partial charge in [0, 0.05) is 35.6 Å². The normalized spacial score (nSPS) is 10.8. The van der Waals surface area contributed by atoms with Gasteiger partial charge in [0.15, 0.2) is 0 Å². The smallest absolute Gasteiger partial charge is 0.303 e. The Hall–Kier alpha value is -3.28. The van der Waals surface area contributed by atoms with Crippen molar-refractivity contribution in [1.29, 1.82) is 0 Å². The van der Waals surface area contributed by atoms with E-state index in [1.54, 1.807) is 24.3 Å². The first-order chi connectivity index (χ1) is 13.5. The predicted octanol–water partition coefficient (Wildman–Crippen LogP) is 4.29. The van der Waals surface area contributed by atoms with Crippen molar-refractivity contribution in [1.82, 2.24) is 4.98 Å². The Morgan fingerprint density at radius 1 is 1.11 bits per heavy atom. The van der Waals surface area contributed by atoms with Gasteiger partial charge in [0.1, 0.15) is 5.75 Å². The number of hydrogen-bond acceptors (Lipinski definition) is 3. The molecule has 6 nitrogen and oxygen atoms in total. The van der Waals surface area contributed by atoms with Crippen molar-refractivity contribution in [2.45, 2.75) is 32.6 Å². The number of anilines is 1. The highest BCUT2D eigenvalue weighted by Crippen LogP contribution is 2.21. The number of ether oxygens (including phenoxy) is 1. The number of aliphatic carboxylic acids is 1. The lowest BCUT2D eigenvalue weighted by Crippen LogP contribution is -2.12. The Balaban J connectivity index is 1.48. The number of benzene rings is 2. The lowest BCUT2D eigenvalue weighted by molar-refractivity contribution is -0.137. The molecule has 2 aromatic carbocycles.